The molecule has 0 radical (unpaired) electrons. The van der Waals surface area contributed by atoms with Crippen LogP contribution < -0.4 is 5.32 Å². The Morgan fingerprint density at radius 3 is 2.81 bits per heavy atom. The van der Waals surface area contributed by atoms with Crippen molar-refractivity contribution in [1.82, 2.24) is 9.62 Å². The van der Waals surface area contributed by atoms with Crippen molar-refractivity contribution in [2.45, 2.75) is 11.8 Å². The average Bonchev–Trinajstić information content (AvgIpc) is 2.93. The molecule has 21 heavy (non-hydrogen) atoms. The van der Waals surface area contributed by atoms with Crippen LogP contribution in [0.4, 0.5) is 5.69 Å². The number of hydrogen-bond acceptors (Lipinski definition) is 5. The van der Waals surface area contributed by atoms with E-state index in [1.807, 2.05) is 0 Å². The normalized spacial score (nSPS) is 29.5. The Hall–Kier alpha value is -1.51. The number of rotatable bonds is 3. The first kappa shape index (κ1) is 14.4. The summed E-state index contributed by atoms with van der Waals surface area (Å²) in [5.74, 6) is 0.259. The second-order valence-corrected chi connectivity index (χ2v) is 7.91. The molecule has 0 saturated carbocycles. The zero-order valence-electron chi connectivity index (χ0n) is 11.7. The minimum Gasteiger partial charge on any atom is -0.316 e. The lowest BCUT2D eigenvalue weighted by molar-refractivity contribution is -0.387. The Bertz CT molecular complexity index is 690. The summed E-state index contributed by atoms with van der Waals surface area (Å²) in [6, 6.07) is 5.52. The van der Waals surface area contributed by atoms with Gasteiger partial charge in [-0.25, -0.2) is 8.42 Å². The Kier molecular flexibility index (Phi) is 3.27. The van der Waals surface area contributed by atoms with Gasteiger partial charge in [-0.05, 0) is 23.9 Å². The summed E-state index contributed by atoms with van der Waals surface area (Å²) in [6.07, 6.45) is 0. The highest BCUT2D eigenvalue weighted by Crippen LogP contribution is 2.41. The molecule has 0 unspecified atom stereocenters. The fourth-order valence-corrected chi connectivity index (χ4v) is 5.03. The van der Waals surface area contributed by atoms with Crippen LogP contribution in [0.25, 0.3) is 0 Å². The Labute approximate surface area is 123 Å². The van der Waals surface area contributed by atoms with Gasteiger partial charge in [-0.3, -0.25) is 10.1 Å². The molecule has 1 N–H and O–H groups in total. The number of nitrogens with zero attached hydrogens (tertiary/aromatic N) is 2. The fraction of sp³-hybridized carbons (Fsp3) is 0.538. The molecule has 0 bridgehead atoms. The third kappa shape index (κ3) is 2.23. The van der Waals surface area contributed by atoms with E-state index in [1.165, 1.54) is 28.6 Å². The van der Waals surface area contributed by atoms with Gasteiger partial charge in [0, 0.05) is 25.7 Å². The Morgan fingerprint density at radius 2 is 2.14 bits per heavy atom. The van der Waals surface area contributed by atoms with Gasteiger partial charge in [-0.1, -0.05) is 19.1 Å². The molecular formula is C13H17N3O4S. The van der Waals surface area contributed by atoms with E-state index in [1.54, 1.807) is 0 Å². The first-order valence-corrected chi connectivity index (χ1v) is 8.23. The molecule has 1 aromatic rings. The molecule has 8 heteroatoms. The molecule has 0 aliphatic carbocycles. The van der Waals surface area contributed by atoms with Crippen molar-refractivity contribution in [3.8, 4) is 0 Å². The second kappa shape index (κ2) is 4.75. The predicted octanol–water partition coefficient (Wildman–Crippen LogP) is 0.825. The summed E-state index contributed by atoms with van der Waals surface area (Å²) >= 11 is 0. The summed E-state index contributed by atoms with van der Waals surface area (Å²) < 4.78 is 26.9. The number of nitro benzene ring substituents is 1. The van der Waals surface area contributed by atoms with E-state index in [0.717, 1.165) is 13.1 Å². The van der Waals surface area contributed by atoms with Crippen LogP contribution in [-0.2, 0) is 10.0 Å². The van der Waals surface area contributed by atoms with Crippen molar-refractivity contribution in [1.29, 1.82) is 0 Å². The first-order valence-electron chi connectivity index (χ1n) is 6.79. The molecule has 2 atom stereocenters. The minimum absolute atomic E-state index is 0.0867. The molecule has 2 heterocycles. The minimum atomic E-state index is -3.83. The van der Waals surface area contributed by atoms with Crippen molar-refractivity contribution in [3.05, 3.63) is 34.4 Å². The molecule has 114 valence electrons. The number of nitro groups is 1. The summed E-state index contributed by atoms with van der Waals surface area (Å²) in [5.41, 5.74) is -0.450. The van der Waals surface area contributed by atoms with E-state index >= 15 is 0 Å². The van der Waals surface area contributed by atoms with Gasteiger partial charge in [-0.2, -0.15) is 4.31 Å². The molecule has 0 aromatic heterocycles. The predicted molar refractivity (Wildman–Crippen MR) is 76.3 cm³/mol. The third-order valence-corrected chi connectivity index (χ3v) is 6.41. The van der Waals surface area contributed by atoms with Gasteiger partial charge in [0.15, 0.2) is 4.90 Å². The lowest BCUT2D eigenvalue weighted by atomic mass is 9.83. The standard InChI is InChI=1S/C13H17N3O4S/c1-13-8-14-6-10(13)7-15(9-13)21(19,20)12-5-3-2-4-11(12)16(17)18/h2-5,10,14H,6-9H2,1H3/t10-,13+/m0/s1. The maximum atomic E-state index is 12.7. The van der Waals surface area contributed by atoms with Crippen molar-refractivity contribution in [2.24, 2.45) is 11.3 Å². The summed E-state index contributed by atoms with van der Waals surface area (Å²) in [7, 11) is -3.83. The van der Waals surface area contributed by atoms with Crippen molar-refractivity contribution < 1.29 is 13.3 Å². The number of fused-ring (bicyclic) bond motifs is 1. The zero-order chi connectivity index (χ0) is 15.3. The second-order valence-electron chi connectivity index (χ2n) is 6.00. The first-order chi connectivity index (χ1) is 9.84. The van der Waals surface area contributed by atoms with E-state index in [4.69, 9.17) is 0 Å². The van der Waals surface area contributed by atoms with Crippen LogP contribution in [0.15, 0.2) is 29.2 Å². The quantitative estimate of drug-likeness (QED) is 0.659. The van der Waals surface area contributed by atoms with E-state index in [9.17, 15) is 18.5 Å². The van der Waals surface area contributed by atoms with Crippen LogP contribution in [0.3, 0.4) is 0 Å². The molecule has 7 nitrogen and oxygen atoms in total. The van der Waals surface area contributed by atoms with Crippen LogP contribution in [0.5, 0.6) is 0 Å². The van der Waals surface area contributed by atoms with Gasteiger partial charge in [0.2, 0.25) is 10.0 Å². The molecular weight excluding hydrogens is 294 g/mol. The topological polar surface area (TPSA) is 92.6 Å². The van der Waals surface area contributed by atoms with Crippen molar-refractivity contribution >= 4 is 15.7 Å². The molecule has 0 amide bonds. The summed E-state index contributed by atoms with van der Waals surface area (Å²) in [4.78, 5) is 10.2. The van der Waals surface area contributed by atoms with Crippen molar-refractivity contribution in [2.75, 3.05) is 26.2 Å². The molecule has 2 aliphatic heterocycles. The Balaban J connectivity index is 1.98. The van der Waals surface area contributed by atoms with Gasteiger partial charge < -0.3 is 5.32 Å². The fourth-order valence-electron chi connectivity index (χ4n) is 3.25. The van der Waals surface area contributed by atoms with Gasteiger partial charge in [0.25, 0.3) is 5.69 Å². The van der Waals surface area contributed by atoms with Gasteiger partial charge in [0.05, 0.1) is 4.92 Å². The number of hydrogen-bond donors (Lipinski definition) is 1. The molecule has 1 aromatic carbocycles. The zero-order valence-corrected chi connectivity index (χ0v) is 12.5. The van der Waals surface area contributed by atoms with Gasteiger partial charge in [-0.15, -0.1) is 0 Å². The SMILES string of the molecule is C[C@]12CNC[C@H]1CN(S(=O)(=O)c1ccccc1[N+](=O)[O-])C2. The number of para-hydroxylation sites is 1. The maximum absolute atomic E-state index is 12.7. The van der Waals surface area contributed by atoms with E-state index in [-0.39, 0.29) is 21.9 Å². The van der Waals surface area contributed by atoms with Crippen LogP contribution in [0.2, 0.25) is 0 Å². The molecule has 2 saturated heterocycles. The molecule has 3 rings (SSSR count). The number of sulfonamides is 1. The lowest BCUT2D eigenvalue weighted by Gasteiger charge is -2.22. The largest absolute Gasteiger partial charge is 0.316 e. The summed E-state index contributed by atoms with van der Waals surface area (Å²) in [5, 5.41) is 14.3. The van der Waals surface area contributed by atoms with Crippen molar-refractivity contribution in [3.63, 3.8) is 0 Å². The van der Waals surface area contributed by atoms with Crippen LogP contribution in [-0.4, -0.2) is 43.8 Å². The van der Waals surface area contributed by atoms with E-state index in [0.29, 0.717) is 13.1 Å². The summed E-state index contributed by atoms with van der Waals surface area (Å²) in [6.45, 7) is 4.45. The highest BCUT2D eigenvalue weighted by Gasteiger charge is 2.50. The number of benzene rings is 1. The van der Waals surface area contributed by atoms with E-state index < -0.39 is 14.9 Å². The van der Waals surface area contributed by atoms with Gasteiger partial charge >= 0.3 is 0 Å². The van der Waals surface area contributed by atoms with Crippen LogP contribution >= 0.6 is 0 Å². The average molecular weight is 311 g/mol. The van der Waals surface area contributed by atoms with Gasteiger partial charge in [0.1, 0.15) is 0 Å². The van der Waals surface area contributed by atoms with Crippen LogP contribution in [0.1, 0.15) is 6.92 Å². The van der Waals surface area contributed by atoms with E-state index in [2.05, 4.69) is 12.2 Å². The molecule has 2 aliphatic rings. The molecule has 2 fully saturated rings. The maximum Gasteiger partial charge on any atom is 0.289 e. The lowest BCUT2D eigenvalue weighted by Crippen LogP contribution is -2.34. The Morgan fingerprint density at radius 1 is 1.43 bits per heavy atom. The smallest absolute Gasteiger partial charge is 0.289 e. The molecule has 0 spiro atoms. The monoisotopic (exact) mass is 311 g/mol. The van der Waals surface area contributed by atoms with Crippen LogP contribution in [0, 0.1) is 21.4 Å². The third-order valence-electron chi connectivity index (χ3n) is 4.55. The highest BCUT2D eigenvalue weighted by atomic mass is 32.2. The highest BCUT2D eigenvalue weighted by molar-refractivity contribution is 7.89. The number of nitrogens with one attached hydrogen (secondary N) is 1.